The molecule has 42 heavy (non-hydrogen) atoms. The van der Waals surface area contributed by atoms with Gasteiger partial charge in [-0.3, -0.25) is 9.27 Å². The van der Waals surface area contributed by atoms with E-state index < -0.39 is 30.8 Å². The maximum absolute atomic E-state index is 13.3. The van der Waals surface area contributed by atoms with Crippen molar-refractivity contribution in [2.75, 3.05) is 22.3 Å². The zero-order valence-corrected chi connectivity index (χ0v) is 23.9. The van der Waals surface area contributed by atoms with Gasteiger partial charge in [-0.15, -0.1) is 10.2 Å². The Balaban J connectivity index is 1.60. The molecule has 0 aliphatic rings. The predicted molar refractivity (Wildman–Crippen MR) is 160 cm³/mol. The highest BCUT2D eigenvalue weighted by Gasteiger charge is 2.20. The smallest absolute Gasteiger partial charge is 0.319 e. The Morgan fingerprint density at radius 3 is 2.31 bits per heavy atom. The number of unbranched alkanes of at least 4 members (excludes halogenated alkanes) is 1. The SMILES string of the molecule is CCCCNC(=O)Nc1ccc(NS(=O)(=O)c2ccccc2N=Nc2c(N)ccc3cc(S(=O)(=O)O)cc(O)c23)cc1. The molecule has 0 spiro atoms. The van der Waals surface area contributed by atoms with Crippen molar-refractivity contribution in [1.82, 2.24) is 5.32 Å². The van der Waals surface area contributed by atoms with Gasteiger partial charge in [-0.25, -0.2) is 13.2 Å². The first kappa shape index (κ1) is 30.2. The molecule has 0 saturated heterocycles. The lowest BCUT2D eigenvalue weighted by Gasteiger charge is -2.12. The highest BCUT2D eigenvalue weighted by Crippen LogP contribution is 2.40. The first-order valence-corrected chi connectivity index (χ1v) is 15.5. The van der Waals surface area contributed by atoms with Gasteiger partial charge in [-0.05, 0) is 60.3 Å². The summed E-state index contributed by atoms with van der Waals surface area (Å²) in [5.74, 6) is -0.527. The molecule has 0 unspecified atom stereocenters. The molecule has 4 rings (SSSR count). The van der Waals surface area contributed by atoms with Crippen LogP contribution in [0.2, 0.25) is 0 Å². The van der Waals surface area contributed by atoms with Gasteiger partial charge >= 0.3 is 6.03 Å². The molecular formula is C27H28N6O7S2. The number of urea groups is 1. The number of fused-ring (bicyclic) bond motifs is 1. The van der Waals surface area contributed by atoms with Gasteiger partial charge in [0.1, 0.15) is 22.0 Å². The third-order valence-corrected chi connectivity index (χ3v) is 8.26. The molecule has 0 fully saturated rings. The second-order valence-corrected chi connectivity index (χ2v) is 12.2. The summed E-state index contributed by atoms with van der Waals surface area (Å²) in [7, 11) is -8.76. The number of nitrogens with two attached hydrogens (primary N) is 1. The number of rotatable bonds is 10. The van der Waals surface area contributed by atoms with Crippen molar-refractivity contribution in [3.05, 3.63) is 72.8 Å². The molecule has 0 saturated carbocycles. The molecule has 0 aliphatic heterocycles. The number of phenols is 1. The second kappa shape index (κ2) is 12.4. The summed E-state index contributed by atoms with van der Waals surface area (Å²) in [6.07, 6.45) is 1.80. The van der Waals surface area contributed by atoms with E-state index in [9.17, 15) is 31.3 Å². The van der Waals surface area contributed by atoms with Crippen LogP contribution in [-0.2, 0) is 20.1 Å². The Bertz CT molecular complexity index is 1880. The molecule has 4 aromatic carbocycles. The van der Waals surface area contributed by atoms with E-state index in [1.54, 1.807) is 18.2 Å². The topological polar surface area (TPSA) is 213 Å². The van der Waals surface area contributed by atoms with Gasteiger partial charge < -0.3 is 21.5 Å². The molecule has 15 heteroatoms. The van der Waals surface area contributed by atoms with Crippen LogP contribution >= 0.6 is 0 Å². The summed E-state index contributed by atoms with van der Waals surface area (Å²) in [4.78, 5) is 11.2. The molecule has 0 bridgehead atoms. The number of aromatic hydroxyl groups is 1. The summed E-state index contributed by atoms with van der Waals surface area (Å²) >= 11 is 0. The molecule has 13 nitrogen and oxygen atoms in total. The first-order chi connectivity index (χ1) is 19.9. The number of azo groups is 1. The van der Waals surface area contributed by atoms with Crippen molar-refractivity contribution in [3.8, 4) is 5.75 Å². The van der Waals surface area contributed by atoms with Gasteiger partial charge in [0.15, 0.2) is 0 Å². The average Bonchev–Trinajstić information content (AvgIpc) is 2.93. The fourth-order valence-electron chi connectivity index (χ4n) is 3.93. The number of nitrogens with one attached hydrogen (secondary N) is 3. The monoisotopic (exact) mass is 612 g/mol. The van der Waals surface area contributed by atoms with E-state index in [2.05, 4.69) is 25.6 Å². The van der Waals surface area contributed by atoms with Gasteiger partial charge in [0.05, 0.1) is 16.0 Å². The number of nitrogen functional groups attached to an aromatic ring is 1. The quantitative estimate of drug-likeness (QED) is 0.0580. The van der Waals surface area contributed by atoms with Crippen LogP contribution in [0.1, 0.15) is 19.8 Å². The van der Waals surface area contributed by atoms with Crippen LogP contribution in [0.5, 0.6) is 5.75 Å². The Labute approximate surface area is 242 Å². The van der Waals surface area contributed by atoms with Gasteiger partial charge in [-0.1, -0.05) is 31.5 Å². The van der Waals surface area contributed by atoms with Crippen molar-refractivity contribution in [1.29, 1.82) is 0 Å². The molecule has 0 atom stereocenters. The van der Waals surface area contributed by atoms with E-state index in [1.807, 2.05) is 6.92 Å². The lowest BCUT2D eigenvalue weighted by Crippen LogP contribution is -2.29. The molecule has 0 aromatic heterocycles. The normalized spacial score (nSPS) is 12.0. The predicted octanol–water partition coefficient (Wildman–Crippen LogP) is 5.51. The number of hydrogen-bond donors (Lipinski definition) is 6. The number of anilines is 3. The third-order valence-electron chi connectivity index (χ3n) is 6.00. The summed E-state index contributed by atoms with van der Waals surface area (Å²) in [5, 5.41) is 24.3. The molecule has 4 aromatic rings. The van der Waals surface area contributed by atoms with E-state index in [4.69, 9.17) is 5.73 Å². The number of benzene rings is 4. The van der Waals surface area contributed by atoms with E-state index in [-0.39, 0.29) is 44.4 Å². The van der Waals surface area contributed by atoms with Crippen molar-refractivity contribution in [3.63, 3.8) is 0 Å². The summed E-state index contributed by atoms with van der Waals surface area (Å²) in [6, 6.07) is 16.3. The van der Waals surface area contributed by atoms with Crippen LogP contribution in [0.15, 0.2) is 92.8 Å². The lowest BCUT2D eigenvalue weighted by atomic mass is 10.1. The van der Waals surface area contributed by atoms with Crippen LogP contribution in [0.3, 0.4) is 0 Å². The number of sulfonamides is 1. The van der Waals surface area contributed by atoms with Gasteiger partial charge in [0.2, 0.25) is 0 Å². The Morgan fingerprint density at radius 1 is 0.929 bits per heavy atom. The molecule has 220 valence electrons. The van der Waals surface area contributed by atoms with Crippen molar-refractivity contribution in [2.45, 2.75) is 29.6 Å². The first-order valence-electron chi connectivity index (χ1n) is 12.6. The molecule has 0 aliphatic carbocycles. The number of nitrogens with zero attached hydrogens (tertiary/aromatic N) is 2. The fraction of sp³-hybridized carbons (Fsp3) is 0.148. The van der Waals surface area contributed by atoms with Crippen molar-refractivity contribution in [2.24, 2.45) is 10.2 Å². The standard InChI is InChI=1S/C27H28N6O7S2/c1-2-3-14-29-27(35)30-18-9-11-19(12-10-18)33-41(36,37)24-7-5-4-6-22(24)31-32-26-21(28)13-8-17-15-20(42(38,39)40)16-23(34)25(17)26/h4-13,15-16,33-34H,2-3,14,28H2,1H3,(H2,29,30,35)(H,38,39,40). The fourth-order valence-corrected chi connectivity index (χ4v) is 5.66. The molecular weight excluding hydrogens is 584 g/mol. The minimum absolute atomic E-state index is 0.0335. The number of phenolic OH excluding ortho intramolecular Hbond substituents is 1. The maximum atomic E-state index is 13.3. The van der Waals surface area contributed by atoms with Crippen LogP contribution < -0.4 is 21.1 Å². The minimum atomic E-state index is -4.60. The largest absolute Gasteiger partial charge is 0.507 e. The van der Waals surface area contributed by atoms with Gasteiger partial charge in [0, 0.05) is 24.0 Å². The van der Waals surface area contributed by atoms with Crippen LogP contribution in [0.25, 0.3) is 10.8 Å². The zero-order valence-electron chi connectivity index (χ0n) is 22.3. The minimum Gasteiger partial charge on any atom is -0.507 e. The Hall–Kier alpha value is -4.73. The van der Waals surface area contributed by atoms with Crippen molar-refractivity contribution >= 4 is 65.4 Å². The molecule has 2 amide bonds. The summed E-state index contributed by atoms with van der Waals surface area (Å²) in [5.41, 5.74) is 6.75. The van der Waals surface area contributed by atoms with Crippen LogP contribution in [0.4, 0.5) is 33.2 Å². The maximum Gasteiger partial charge on any atom is 0.319 e. The average molecular weight is 613 g/mol. The van der Waals surface area contributed by atoms with E-state index in [0.717, 1.165) is 25.0 Å². The Kier molecular flexibility index (Phi) is 8.94. The lowest BCUT2D eigenvalue weighted by molar-refractivity contribution is 0.252. The van der Waals surface area contributed by atoms with Crippen LogP contribution in [-0.4, -0.2) is 39.1 Å². The highest BCUT2D eigenvalue weighted by atomic mass is 32.2. The second-order valence-electron chi connectivity index (χ2n) is 9.10. The summed E-state index contributed by atoms with van der Waals surface area (Å²) in [6.45, 7) is 2.56. The highest BCUT2D eigenvalue weighted by molar-refractivity contribution is 7.92. The van der Waals surface area contributed by atoms with Gasteiger partial charge in [-0.2, -0.15) is 8.42 Å². The zero-order chi connectivity index (χ0) is 30.5. The van der Waals surface area contributed by atoms with Crippen LogP contribution in [0, 0.1) is 0 Å². The summed E-state index contributed by atoms with van der Waals surface area (Å²) < 4.78 is 61.5. The number of carbonyl (C=O) groups is 1. The van der Waals surface area contributed by atoms with Crippen molar-refractivity contribution < 1.29 is 31.3 Å². The van der Waals surface area contributed by atoms with E-state index >= 15 is 0 Å². The third kappa shape index (κ3) is 7.12. The van der Waals surface area contributed by atoms with E-state index in [1.165, 1.54) is 42.5 Å². The van der Waals surface area contributed by atoms with E-state index in [0.29, 0.717) is 12.2 Å². The molecule has 0 heterocycles. The number of carbonyl (C=O) groups excluding carboxylic acids is 1. The molecule has 0 radical (unpaired) electrons. The molecule has 7 N–H and O–H groups in total. The Morgan fingerprint density at radius 2 is 1.62 bits per heavy atom. The number of hydrogen-bond acceptors (Lipinski definition) is 9. The van der Waals surface area contributed by atoms with Gasteiger partial charge in [0.25, 0.3) is 20.1 Å². The number of amides is 2.